The fourth-order valence-electron chi connectivity index (χ4n) is 2.01. The Morgan fingerprint density at radius 2 is 1.38 bits per heavy atom. The van der Waals surface area contributed by atoms with Gasteiger partial charge in [0.25, 0.3) is 0 Å². The van der Waals surface area contributed by atoms with E-state index in [1.165, 1.54) is 24.3 Å². The van der Waals surface area contributed by atoms with E-state index in [-0.39, 0.29) is 40.9 Å². The van der Waals surface area contributed by atoms with E-state index in [2.05, 4.69) is 46.1 Å². The van der Waals surface area contributed by atoms with E-state index in [1.54, 1.807) is 0 Å². The van der Waals surface area contributed by atoms with Gasteiger partial charge in [-0.05, 0) is 36.6 Å². The SMILES string of the molecule is C=CCOC(=C)/C(F)=C(/F)C(=C)C(=C)/C=C\C(=C)C(=C)/C(F)=C\C(=C)C(C)COC(C)C. The minimum Gasteiger partial charge on any atom is -0.487 e. The van der Waals surface area contributed by atoms with Crippen LogP contribution in [0.2, 0.25) is 0 Å². The lowest BCUT2D eigenvalue weighted by atomic mass is 9.99. The van der Waals surface area contributed by atoms with Gasteiger partial charge in [0, 0.05) is 17.1 Å². The molecule has 0 bridgehead atoms. The summed E-state index contributed by atoms with van der Waals surface area (Å²) in [5.74, 6) is -3.74. The molecule has 0 N–H and O–H groups in total. The smallest absolute Gasteiger partial charge is 0.200 e. The maximum absolute atomic E-state index is 14.5. The maximum Gasteiger partial charge on any atom is 0.200 e. The Labute approximate surface area is 190 Å². The molecule has 0 rings (SSSR count). The summed E-state index contributed by atoms with van der Waals surface area (Å²) in [4.78, 5) is 0. The lowest BCUT2D eigenvalue weighted by Crippen LogP contribution is -2.12. The summed E-state index contributed by atoms with van der Waals surface area (Å²) in [7, 11) is 0. The minimum absolute atomic E-state index is 0.0196. The molecule has 0 amide bonds. The van der Waals surface area contributed by atoms with Crippen LogP contribution >= 0.6 is 0 Å². The molecule has 0 saturated carbocycles. The van der Waals surface area contributed by atoms with Gasteiger partial charge in [0.15, 0.2) is 11.6 Å². The standard InChI is InChI=1S/C27H33F3O2/c1-11-14-31-24(10)27(30)26(29)23(9)19(5)13-12-18(4)22(8)25(28)15-20(6)21(7)16-32-17(2)3/h11-13,15,17,21H,1,4-6,8-10,14,16H2,2-3,7H3/b13-12-,25-15+,27-26-. The topological polar surface area (TPSA) is 18.5 Å². The Morgan fingerprint density at radius 3 is 1.88 bits per heavy atom. The summed E-state index contributed by atoms with van der Waals surface area (Å²) in [6.07, 6.45) is 5.42. The van der Waals surface area contributed by atoms with Gasteiger partial charge in [-0.25, -0.2) is 8.78 Å². The molecular weight excluding hydrogens is 413 g/mol. The van der Waals surface area contributed by atoms with Gasteiger partial charge in [-0.15, -0.1) is 0 Å². The van der Waals surface area contributed by atoms with Gasteiger partial charge in [0.2, 0.25) is 5.83 Å². The highest BCUT2D eigenvalue weighted by Crippen LogP contribution is 2.28. The zero-order valence-corrected chi connectivity index (χ0v) is 19.3. The molecule has 174 valence electrons. The molecule has 0 aromatic rings. The van der Waals surface area contributed by atoms with Crippen LogP contribution in [0.25, 0.3) is 0 Å². The first-order valence-corrected chi connectivity index (χ1v) is 9.94. The Kier molecular flexibility index (Phi) is 12.8. The van der Waals surface area contributed by atoms with Crippen molar-refractivity contribution in [2.45, 2.75) is 26.9 Å². The van der Waals surface area contributed by atoms with E-state index in [0.29, 0.717) is 12.2 Å². The highest BCUT2D eigenvalue weighted by molar-refractivity contribution is 5.53. The van der Waals surface area contributed by atoms with Crippen molar-refractivity contribution < 1.29 is 22.6 Å². The highest BCUT2D eigenvalue weighted by Gasteiger charge is 2.16. The Morgan fingerprint density at radius 1 is 0.844 bits per heavy atom. The van der Waals surface area contributed by atoms with Gasteiger partial charge >= 0.3 is 0 Å². The molecule has 0 saturated heterocycles. The molecule has 0 aliphatic heterocycles. The van der Waals surface area contributed by atoms with Gasteiger partial charge in [-0.3, -0.25) is 0 Å². The van der Waals surface area contributed by atoms with Gasteiger partial charge in [-0.2, -0.15) is 4.39 Å². The lowest BCUT2D eigenvalue weighted by molar-refractivity contribution is 0.0633. The van der Waals surface area contributed by atoms with Crippen molar-refractivity contribution in [3.8, 4) is 0 Å². The van der Waals surface area contributed by atoms with Crippen molar-refractivity contribution in [2.24, 2.45) is 5.92 Å². The zero-order valence-electron chi connectivity index (χ0n) is 19.3. The maximum atomic E-state index is 14.5. The Bertz CT molecular complexity index is 883. The summed E-state index contributed by atoms with van der Waals surface area (Å²) in [6.45, 7) is 31.2. The van der Waals surface area contributed by atoms with Crippen molar-refractivity contribution in [1.29, 1.82) is 0 Å². The molecule has 1 unspecified atom stereocenters. The Balaban J connectivity index is 5.17. The molecule has 5 heteroatoms. The van der Waals surface area contributed by atoms with Gasteiger partial charge in [-0.1, -0.05) is 71.2 Å². The van der Waals surface area contributed by atoms with Crippen LogP contribution in [0.1, 0.15) is 20.8 Å². The van der Waals surface area contributed by atoms with Crippen LogP contribution in [-0.2, 0) is 9.47 Å². The highest BCUT2D eigenvalue weighted by atomic mass is 19.2. The number of ether oxygens (including phenoxy) is 2. The van der Waals surface area contributed by atoms with Crippen molar-refractivity contribution in [2.75, 3.05) is 13.2 Å². The molecule has 0 fully saturated rings. The molecule has 2 nitrogen and oxygen atoms in total. The van der Waals surface area contributed by atoms with Crippen molar-refractivity contribution >= 4 is 0 Å². The second-order valence-electron chi connectivity index (χ2n) is 7.34. The van der Waals surface area contributed by atoms with Crippen LogP contribution in [0, 0.1) is 5.92 Å². The predicted octanol–water partition coefficient (Wildman–Crippen LogP) is 8.11. The molecule has 0 heterocycles. The predicted molar refractivity (Wildman–Crippen MR) is 129 cm³/mol. The average molecular weight is 447 g/mol. The van der Waals surface area contributed by atoms with Crippen LogP contribution in [0.15, 0.2) is 121 Å². The van der Waals surface area contributed by atoms with E-state index >= 15 is 0 Å². The monoisotopic (exact) mass is 446 g/mol. The van der Waals surface area contributed by atoms with E-state index in [1.807, 2.05) is 20.8 Å². The first kappa shape index (κ1) is 28.9. The van der Waals surface area contributed by atoms with E-state index < -0.39 is 23.2 Å². The van der Waals surface area contributed by atoms with Crippen molar-refractivity contribution in [3.05, 3.63) is 121 Å². The van der Waals surface area contributed by atoms with Gasteiger partial charge < -0.3 is 9.47 Å². The lowest BCUT2D eigenvalue weighted by Gasteiger charge is -2.15. The number of hydrogen-bond donors (Lipinski definition) is 0. The fourth-order valence-corrected chi connectivity index (χ4v) is 2.01. The zero-order chi connectivity index (χ0) is 25.0. The third kappa shape index (κ3) is 9.84. The second kappa shape index (κ2) is 14.1. The molecule has 0 aromatic heterocycles. The summed E-state index contributed by atoms with van der Waals surface area (Å²) in [5.41, 5.74) is 0.516. The van der Waals surface area contributed by atoms with Crippen LogP contribution < -0.4 is 0 Å². The molecule has 0 aromatic carbocycles. The minimum atomic E-state index is -1.29. The summed E-state index contributed by atoms with van der Waals surface area (Å²) in [5, 5.41) is 0. The molecule has 0 spiro atoms. The van der Waals surface area contributed by atoms with Crippen LogP contribution in [0.4, 0.5) is 13.2 Å². The third-order valence-electron chi connectivity index (χ3n) is 4.25. The van der Waals surface area contributed by atoms with Crippen LogP contribution in [0.5, 0.6) is 0 Å². The molecule has 0 aliphatic rings. The molecule has 32 heavy (non-hydrogen) atoms. The molecule has 1 atom stereocenters. The van der Waals surface area contributed by atoms with E-state index in [9.17, 15) is 13.2 Å². The second-order valence-corrected chi connectivity index (χ2v) is 7.34. The van der Waals surface area contributed by atoms with Gasteiger partial charge in [0.1, 0.15) is 12.4 Å². The van der Waals surface area contributed by atoms with Crippen LogP contribution in [-0.4, -0.2) is 19.3 Å². The molecule has 0 radical (unpaired) electrons. The van der Waals surface area contributed by atoms with Crippen LogP contribution in [0.3, 0.4) is 0 Å². The first-order chi connectivity index (χ1) is 14.8. The van der Waals surface area contributed by atoms with Gasteiger partial charge in [0.05, 0.1) is 12.7 Å². The summed E-state index contributed by atoms with van der Waals surface area (Å²) in [6, 6.07) is 0. The molecule has 0 aliphatic carbocycles. The molecular formula is C27H33F3O2. The van der Waals surface area contributed by atoms with Crippen molar-refractivity contribution in [3.63, 3.8) is 0 Å². The number of halogens is 3. The van der Waals surface area contributed by atoms with E-state index in [4.69, 9.17) is 9.47 Å². The van der Waals surface area contributed by atoms with E-state index in [0.717, 1.165) is 0 Å². The first-order valence-electron chi connectivity index (χ1n) is 9.94. The number of allylic oxidation sites excluding steroid dienone is 10. The average Bonchev–Trinajstić information content (AvgIpc) is 2.76. The quantitative estimate of drug-likeness (QED) is 0.144. The summed E-state index contributed by atoms with van der Waals surface area (Å²) >= 11 is 0. The number of hydrogen-bond acceptors (Lipinski definition) is 2. The van der Waals surface area contributed by atoms with Crippen molar-refractivity contribution in [1.82, 2.24) is 0 Å². The largest absolute Gasteiger partial charge is 0.487 e. The number of rotatable bonds is 15. The normalized spacial score (nSPS) is 13.4. The Hall–Kier alpha value is -3.05. The summed E-state index contributed by atoms with van der Waals surface area (Å²) < 4.78 is 53.3. The fraction of sp³-hybridized carbons (Fsp3) is 0.259. The third-order valence-corrected chi connectivity index (χ3v) is 4.25.